The molecule has 0 unspecified atom stereocenters. The first-order valence-corrected chi connectivity index (χ1v) is 18.4. The largest absolute Gasteiger partial charge is 0.490 e. The Morgan fingerprint density at radius 1 is 1.02 bits per heavy atom. The second-order valence-electron chi connectivity index (χ2n) is 12.9. The second-order valence-corrected chi connectivity index (χ2v) is 14.6. The maximum absolute atomic E-state index is 14.4. The molecule has 5 rings (SSSR count). The molecule has 13 nitrogen and oxygen atoms in total. The summed E-state index contributed by atoms with van der Waals surface area (Å²) in [5.41, 5.74) is 0.743. The number of benzene rings is 3. The number of urea groups is 1. The van der Waals surface area contributed by atoms with E-state index >= 15 is 0 Å². The molecule has 3 aromatic carbocycles. The Hall–Kier alpha value is -4.60. The van der Waals surface area contributed by atoms with Gasteiger partial charge in [0.1, 0.15) is 11.6 Å². The zero-order valence-electron chi connectivity index (χ0n) is 29.1. The smallest absolute Gasteiger partial charge is 0.321 e. The minimum Gasteiger partial charge on any atom is -0.490 e. The van der Waals surface area contributed by atoms with Gasteiger partial charge in [0.05, 0.1) is 35.3 Å². The molecule has 3 N–H and O–H groups in total. The van der Waals surface area contributed by atoms with Gasteiger partial charge in [-0.25, -0.2) is 17.6 Å². The third kappa shape index (κ3) is 9.60. The molecule has 0 saturated heterocycles. The SMILES string of the molecule is C[C@H](CO)N1C[C@H](C)[C@@H](CN(C)C(=O)Nc2ccc3c(c2)OCO3)OCCCC[C@H](C)Oc2ccc(NS(=O)(=O)c3ccc(F)cc3)cc2C1=O. The van der Waals surface area contributed by atoms with Crippen molar-refractivity contribution in [3.05, 3.63) is 72.0 Å². The number of amides is 3. The number of aliphatic hydroxyl groups excluding tert-OH is 1. The summed E-state index contributed by atoms with van der Waals surface area (Å²) in [6.45, 7) is 6.06. The highest BCUT2D eigenvalue weighted by Crippen LogP contribution is 2.34. The summed E-state index contributed by atoms with van der Waals surface area (Å²) in [5.74, 6) is 0.0387. The summed E-state index contributed by atoms with van der Waals surface area (Å²) in [4.78, 5) is 30.5. The van der Waals surface area contributed by atoms with Crippen LogP contribution in [0.4, 0.5) is 20.6 Å². The maximum Gasteiger partial charge on any atom is 0.321 e. The van der Waals surface area contributed by atoms with Gasteiger partial charge in [-0.15, -0.1) is 0 Å². The molecule has 0 aromatic heterocycles. The molecule has 15 heteroatoms. The normalized spacial score (nSPS) is 20.4. The number of nitrogens with zero attached hydrogens (tertiary/aromatic N) is 2. The van der Waals surface area contributed by atoms with E-state index in [0.29, 0.717) is 30.2 Å². The number of nitrogens with one attached hydrogen (secondary N) is 2. The van der Waals surface area contributed by atoms with Crippen LogP contribution in [0.25, 0.3) is 0 Å². The fraction of sp³-hybridized carbons (Fsp3) is 0.444. The Bertz CT molecular complexity index is 1790. The van der Waals surface area contributed by atoms with Crippen LogP contribution in [0.15, 0.2) is 65.6 Å². The van der Waals surface area contributed by atoms with Gasteiger partial charge in [-0.05, 0) is 87.7 Å². The number of likely N-dealkylation sites (N-methyl/N-ethyl adjacent to an activating group) is 1. The Labute approximate surface area is 297 Å². The zero-order valence-corrected chi connectivity index (χ0v) is 30.0. The lowest BCUT2D eigenvalue weighted by atomic mass is 10.0. The topological polar surface area (TPSA) is 156 Å². The predicted octanol–water partition coefficient (Wildman–Crippen LogP) is 5.31. The first-order valence-electron chi connectivity index (χ1n) is 16.9. The van der Waals surface area contributed by atoms with Gasteiger partial charge in [-0.1, -0.05) is 6.92 Å². The van der Waals surface area contributed by atoms with E-state index in [2.05, 4.69) is 10.0 Å². The number of sulfonamides is 1. The van der Waals surface area contributed by atoms with Crippen molar-refractivity contribution >= 4 is 33.3 Å². The lowest BCUT2D eigenvalue weighted by Gasteiger charge is -2.35. The molecular formula is C36H45FN4O9S. The number of fused-ring (bicyclic) bond motifs is 2. The molecule has 4 atom stereocenters. The molecule has 2 aliphatic rings. The number of aliphatic hydroxyl groups is 1. The summed E-state index contributed by atoms with van der Waals surface area (Å²) >= 11 is 0. The molecule has 2 heterocycles. The fourth-order valence-corrected chi connectivity index (χ4v) is 6.87. The number of rotatable bonds is 8. The Balaban J connectivity index is 1.39. The van der Waals surface area contributed by atoms with Crippen LogP contribution in [-0.2, 0) is 14.8 Å². The number of anilines is 2. The van der Waals surface area contributed by atoms with Crippen molar-refractivity contribution in [1.82, 2.24) is 9.80 Å². The third-order valence-corrected chi connectivity index (χ3v) is 10.2. The number of carbonyl (C=O) groups is 2. The number of carbonyl (C=O) groups excluding carboxylic acids is 2. The summed E-state index contributed by atoms with van der Waals surface area (Å²) in [6.07, 6.45) is 1.39. The summed E-state index contributed by atoms with van der Waals surface area (Å²) in [5, 5.41) is 13.1. The first kappa shape index (κ1) is 37.7. The van der Waals surface area contributed by atoms with Gasteiger partial charge < -0.3 is 39.2 Å². The van der Waals surface area contributed by atoms with Crippen LogP contribution in [0.1, 0.15) is 50.4 Å². The van der Waals surface area contributed by atoms with Gasteiger partial charge in [-0.3, -0.25) is 9.52 Å². The van der Waals surface area contributed by atoms with E-state index in [1.165, 1.54) is 21.9 Å². The van der Waals surface area contributed by atoms with Crippen molar-refractivity contribution in [2.75, 3.05) is 50.2 Å². The molecule has 0 bridgehead atoms. The quantitative estimate of drug-likeness (QED) is 0.280. The first-order chi connectivity index (χ1) is 24.3. The fourth-order valence-electron chi connectivity index (χ4n) is 5.82. The van der Waals surface area contributed by atoms with Gasteiger partial charge in [-0.2, -0.15) is 0 Å². The maximum atomic E-state index is 14.4. The van der Waals surface area contributed by atoms with E-state index in [9.17, 15) is 27.5 Å². The molecule has 276 valence electrons. The van der Waals surface area contributed by atoms with Gasteiger partial charge in [0.15, 0.2) is 11.5 Å². The minimum absolute atomic E-state index is 0.100. The Morgan fingerprint density at radius 3 is 2.47 bits per heavy atom. The molecule has 2 aliphatic heterocycles. The highest BCUT2D eigenvalue weighted by atomic mass is 32.2. The van der Waals surface area contributed by atoms with E-state index in [1.54, 1.807) is 38.2 Å². The van der Waals surface area contributed by atoms with Gasteiger partial charge >= 0.3 is 6.03 Å². The van der Waals surface area contributed by atoms with E-state index in [0.717, 1.165) is 37.1 Å². The van der Waals surface area contributed by atoms with Crippen molar-refractivity contribution in [3.63, 3.8) is 0 Å². The highest BCUT2D eigenvalue weighted by molar-refractivity contribution is 7.92. The van der Waals surface area contributed by atoms with E-state index in [1.807, 2.05) is 13.8 Å². The monoisotopic (exact) mass is 728 g/mol. The number of halogens is 1. The molecule has 0 aliphatic carbocycles. The standard InChI is InChI=1S/C36H45FN4O9S/c1-23-19-41(24(2)21-42)35(43)30-17-28(39-51(45,46)29-12-8-26(37)9-13-29)11-14-31(30)50-25(3)7-5-6-16-47-34(23)20-40(4)36(44)38-27-10-15-32-33(18-27)49-22-48-32/h8-15,17-18,23-25,34,39,42H,5-7,16,19-22H2,1-4H3,(H,38,44)/t23-,24+,25-,34+/m0/s1. The molecule has 0 spiro atoms. The molecule has 3 amide bonds. The van der Waals surface area contributed by atoms with Gasteiger partial charge in [0.25, 0.3) is 15.9 Å². The van der Waals surface area contributed by atoms with Crippen LogP contribution in [0.2, 0.25) is 0 Å². The Kier molecular flexibility index (Phi) is 12.3. The van der Waals surface area contributed by atoms with Crippen molar-refractivity contribution in [3.8, 4) is 17.2 Å². The second kappa shape index (κ2) is 16.6. The van der Waals surface area contributed by atoms with Crippen LogP contribution >= 0.6 is 0 Å². The van der Waals surface area contributed by atoms with Crippen molar-refractivity contribution < 1.29 is 46.5 Å². The van der Waals surface area contributed by atoms with E-state index in [4.69, 9.17) is 18.9 Å². The van der Waals surface area contributed by atoms with Crippen LogP contribution in [0, 0.1) is 11.7 Å². The number of ether oxygens (including phenoxy) is 4. The molecule has 0 fully saturated rings. The lowest BCUT2D eigenvalue weighted by Crippen LogP contribution is -2.48. The molecule has 3 aromatic rings. The molecule has 51 heavy (non-hydrogen) atoms. The minimum atomic E-state index is -4.11. The van der Waals surface area contributed by atoms with E-state index in [-0.39, 0.29) is 66.4 Å². The van der Waals surface area contributed by atoms with Crippen molar-refractivity contribution in [2.24, 2.45) is 5.92 Å². The zero-order chi connectivity index (χ0) is 36.7. The Morgan fingerprint density at radius 2 is 1.73 bits per heavy atom. The predicted molar refractivity (Wildman–Crippen MR) is 188 cm³/mol. The van der Waals surface area contributed by atoms with Crippen molar-refractivity contribution in [2.45, 2.75) is 63.2 Å². The summed E-state index contributed by atoms with van der Waals surface area (Å²) in [6, 6.07) is 13.0. The van der Waals surface area contributed by atoms with Crippen molar-refractivity contribution in [1.29, 1.82) is 0 Å². The average molecular weight is 729 g/mol. The molecular weight excluding hydrogens is 683 g/mol. The molecule has 0 saturated carbocycles. The number of hydrogen-bond acceptors (Lipinski definition) is 9. The van der Waals surface area contributed by atoms with Crippen LogP contribution in [0.3, 0.4) is 0 Å². The number of hydrogen-bond donors (Lipinski definition) is 3. The highest BCUT2D eigenvalue weighted by Gasteiger charge is 2.31. The third-order valence-electron chi connectivity index (χ3n) is 8.85. The summed E-state index contributed by atoms with van der Waals surface area (Å²) < 4.78 is 65.5. The van der Waals surface area contributed by atoms with Gasteiger partial charge in [0, 0.05) is 50.1 Å². The molecule has 0 radical (unpaired) electrons. The van der Waals surface area contributed by atoms with Crippen LogP contribution in [-0.4, -0.2) is 93.7 Å². The summed E-state index contributed by atoms with van der Waals surface area (Å²) in [7, 11) is -2.45. The van der Waals surface area contributed by atoms with E-state index < -0.39 is 33.9 Å². The lowest BCUT2D eigenvalue weighted by molar-refractivity contribution is -0.0115. The van der Waals surface area contributed by atoms with Crippen LogP contribution in [0.5, 0.6) is 17.2 Å². The average Bonchev–Trinajstić information content (AvgIpc) is 3.57. The van der Waals surface area contributed by atoms with Crippen LogP contribution < -0.4 is 24.2 Å². The van der Waals surface area contributed by atoms with Gasteiger partial charge in [0.2, 0.25) is 6.79 Å².